The Morgan fingerprint density at radius 3 is 1.93 bits per heavy atom. The smallest absolute Gasteiger partial charge is 0.250 e. The topological polar surface area (TPSA) is 17.1 Å². The van der Waals surface area contributed by atoms with E-state index in [0.717, 1.165) is 15.7 Å². The van der Waals surface area contributed by atoms with Crippen LogP contribution in [0.4, 0.5) is 4.79 Å². The highest BCUT2D eigenvalue weighted by molar-refractivity contribution is 8.38. The molecule has 3 heteroatoms. The van der Waals surface area contributed by atoms with Gasteiger partial charge in [-0.05, 0) is 73.6 Å². The van der Waals surface area contributed by atoms with Gasteiger partial charge >= 0.3 is 0 Å². The third kappa shape index (κ3) is 3.21. The second kappa shape index (κ2) is 7.58. The van der Waals surface area contributed by atoms with Crippen LogP contribution >= 0.6 is 23.5 Å². The van der Waals surface area contributed by atoms with Crippen molar-refractivity contribution in [3.8, 4) is 11.1 Å². The summed E-state index contributed by atoms with van der Waals surface area (Å²) in [6.45, 7) is 0. The molecule has 0 aliphatic carbocycles. The minimum absolute atomic E-state index is 0.108. The molecule has 0 bridgehead atoms. The zero-order valence-corrected chi connectivity index (χ0v) is 17.5. The predicted octanol–water partition coefficient (Wildman–Crippen LogP) is 8.39. The molecule has 0 aliphatic rings. The van der Waals surface area contributed by atoms with Crippen LogP contribution in [0.2, 0.25) is 0 Å². The maximum Gasteiger partial charge on any atom is 0.250 e. The van der Waals surface area contributed by atoms with Crippen LogP contribution in [0.1, 0.15) is 0 Å². The van der Waals surface area contributed by atoms with E-state index in [4.69, 9.17) is 0 Å². The molecule has 0 fully saturated rings. The highest BCUT2D eigenvalue weighted by Crippen LogP contribution is 2.45. The first-order valence-corrected chi connectivity index (χ1v) is 11.5. The summed E-state index contributed by atoms with van der Waals surface area (Å²) in [5.74, 6) is 0. The third-order valence-corrected chi connectivity index (χ3v) is 7.15. The highest BCUT2D eigenvalue weighted by atomic mass is 32.2. The Morgan fingerprint density at radius 1 is 0.655 bits per heavy atom. The summed E-state index contributed by atoms with van der Waals surface area (Å²) in [4.78, 5) is 13.5. The van der Waals surface area contributed by atoms with Gasteiger partial charge in [-0.25, -0.2) is 0 Å². The van der Waals surface area contributed by atoms with E-state index in [1.54, 1.807) is 0 Å². The van der Waals surface area contributed by atoms with Crippen molar-refractivity contribution in [1.82, 2.24) is 0 Å². The van der Waals surface area contributed by atoms with Gasteiger partial charge in [0.1, 0.15) is 0 Å². The summed E-state index contributed by atoms with van der Waals surface area (Å²) in [5, 5.41) is 7.02. The minimum atomic E-state index is 0.108. The van der Waals surface area contributed by atoms with Crippen LogP contribution in [0, 0.1) is 0 Å². The molecular formula is C26H18OS2. The number of benzene rings is 5. The molecule has 5 aromatic carbocycles. The monoisotopic (exact) mass is 410 g/mol. The van der Waals surface area contributed by atoms with Gasteiger partial charge in [0, 0.05) is 4.90 Å². The molecule has 140 valence electrons. The van der Waals surface area contributed by atoms with Crippen molar-refractivity contribution in [2.24, 2.45) is 0 Å². The van der Waals surface area contributed by atoms with Gasteiger partial charge < -0.3 is 0 Å². The van der Waals surface area contributed by atoms with Gasteiger partial charge in [-0.2, -0.15) is 0 Å². The largest absolute Gasteiger partial charge is 0.274 e. The summed E-state index contributed by atoms with van der Waals surface area (Å²) in [6, 6.07) is 31.9. The fourth-order valence-electron chi connectivity index (χ4n) is 3.98. The third-order valence-electron chi connectivity index (χ3n) is 5.26. The molecule has 0 spiro atoms. The fraction of sp³-hybridized carbons (Fsp3) is 0.0385. The average molecular weight is 411 g/mol. The number of rotatable bonds is 2. The first-order valence-electron chi connectivity index (χ1n) is 9.44. The molecule has 0 saturated carbocycles. The van der Waals surface area contributed by atoms with Crippen molar-refractivity contribution in [3.05, 3.63) is 91.0 Å². The van der Waals surface area contributed by atoms with E-state index in [2.05, 4.69) is 84.9 Å². The quantitative estimate of drug-likeness (QED) is 0.215. The van der Waals surface area contributed by atoms with Crippen LogP contribution in [-0.2, 0) is 0 Å². The van der Waals surface area contributed by atoms with Crippen LogP contribution in [0.15, 0.2) is 95.9 Å². The number of thioether (sulfide) groups is 2. The lowest BCUT2D eigenvalue weighted by molar-refractivity contribution is 0.276. The second-order valence-electron chi connectivity index (χ2n) is 6.92. The summed E-state index contributed by atoms with van der Waals surface area (Å²) < 4.78 is 0.108. The van der Waals surface area contributed by atoms with Crippen molar-refractivity contribution < 1.29 is 4.79 Å². The minimum Gasteiger partial charge on any atom is -0.274 e. The molecule has 0 saturated heterocycles. The molecule has 0 aliphatic heterocycles. The molecule has 0 amide bonds. The lowest BCUT2D eigenvalue weighted by Gasteiger charge is -2.17. The van der Waals surface area contributed by atoms with Crippen molar-refractivity contribution in [1.29, 1.82) is 0 Å². The Kier molecular flexibility index (Phi) is 4.78. The Labute approximate surface area is 178 Å². The summed E-state index contributed by atoms with van der Waals surface area (Å²) in [5.41, 5.74) is 2.42. The van der Waals surface area contributed by atoms with E-state index in [9.17, 15) is 4.79 Å². The normalized spacial score (nSPS) is 11.3. The Balaban J connectivity index is 2.00. The zero-order chi connectivity index (χ0) is 19.8. The number of hydrogen-bond acceptors (Lipinski definition) is 3. The Bertz CT molecular complexity index is 1370. The average Bonchev–Trinajstić information content (AvgIpc) is 2.78. The number of carbonyl (C=O) groups is 1. The second-order valence-corrected chi connectivity index (χ2v) is 8.94. The van der Waals surface area contributed by atoms with E-state index in [1.165, 1.54) is 56.2 Å². The van der Waals surface area contributed by atoms with Gasteiger partial charge in [-0.3, -0.25) is 4.79 Å². The summed E-state index contributed by atoms with van der Waals surface area (Å²) >= 11 is 2.60. The molecular weight excluding hydrogens is 392 g/mol. The molecule has 5 rings (SSSR count). The van der Waals surface area contributed by atoms with Crippen molar-refractivity contribution in [2.45, 2.75) is 4.90 Å². The first kappa shape index (κ1) is 18.3. The standard InChI is InChI=1S/C26H18OS2/c1-28-26(27)29-25-21-14-8-7-13-20(21)24(17-9-3-2-4-10-17)22-15-18-11-5-6-12-19(18)16-23(22)25/h2-16H,1H3. The Hall–Kier alpha value is -2.75. The Morgan fingerprint density at radius 2 is 1.24 bits per heavy atom. The fourth-order valence-corrected chi connectivity index (χ4v) is 5.29. The molecule has 0 aromatic heterocycles. The van der Waals surface area contributed by atoms with Gasteiger partial charge in [0.25, 0.3) is 4.45 Å². The SMILES string of the molecule is CSC(=O)Sc1c2ccccc2c(-c2ccccc2)c2cc3ccccc3cc12. The van der Waals surface area contributed by atoms with Crippen LogP contribution in [-0.4, -0.2) is 10.7 Å². The van der Waals surface area contributed by atoms with E-state index < -0.39 is 0 Å². The van der Waals surface area contributed by atoms with Gasteiger partial charge in [0.15, 0.2) is 0 Å². The van der Waals surface area contributed by atoms with Gasteiger partial charge in [-0.15, -0.1) is 0 Å². The van der Waals surface area contributed by atoms with E-state index in [1.807, 2.05) is 12.3 Å². The summed E-state index contributed by atoms with van der Waals surface area (Å²) in [6.07, 6.45) is 1.84. The highest BCUT2D eigenvalue weighted by Gasteiger charge is 2.18. The van der Waals surface area contributed by atoms with Gasteiger partial charge in [-0.1, -0.05) is 90.6 Å². The molecule has 0 heterocycles. The molecule has 29 heavy (non-hydrogen) atoms. The lowest BCUT2D eigenvalue weighted by Crippen LogP contribution is -1.91. The first-order chi connectivity index (χ1) is 14.3. The van der Waals surface area contributed by atoms with E-state index in [-0.39, 0.29) is 4.45 Å². The predicted molar refractivity (Wildman–Crippen MR) is 129 cm³/mol. The molecule has 0 unspecified atom stereocenters. The number of carbonyl (C=O) groups excluding carboxylic acids is 1. The van der Waals surface area contributed by atoms with Gasteiger partial charge in [0.05, 0.1) is 0 Å². The van der Waals surface area contributed by atoms with Crippen LogP contribution < -0.4 is 0 Å². The van der Waals surface area contributed by atoms with E-state index >= 15 is 0 Å². The molecule has 0 N–H and O–H groups in total. The van der Waals surface area contributed by atoms with Crippen LogP contribution in [0.5, 0.6) is 0 Å². The maximum absolute atomic E-state index is 12.4. The van der Waals surface area contributed by atoms with Crippen LogP contribution in [0.25, 0.3) is 43.4 Å². The molecule has 1 nitrogen and oxygen atoms in total. The van der Waals surface area contributed by atoms with Crippen molar-refractivity contribution in [2.75, 3.05) is 6.26 Å². The number of hydrogen-bond donors (Lipinski definition) is 0. The van der Waals surface area contributed by atoms with Crippen molar-refractivity contribution in [3.63, 3.8) is 0 Å². The molecule has 5 aromatic rings. The molecule has 0 radical (unpaired) electrons. The summed E-state index contributed by atoms with van der Waals surface area (Å²) in [7, 11) is 0. The maximum atomic E-state index is 12.4. The lowest BCUT2D eigenvalue weighted by atomic mass is 9.90. The van der Waals surface area contributed by atoms with Crippen molar-refractivity contribution >= 4 is 60.3 Å². The zero-order valence-electron chi connectivity index (χ0n) is 15.9. The number of fused-ring (bicyclic) bond motifs is 3. The molecule has 0 atom stereocenters. The van der Waals surface area contributed by atoms with Crippen LogP contribution in [0.3, 0.4) is 0 Å². The van der Waals surface area contributed by atoms with E-state index in [0.29, 0.717) is 0 Å². The van der Waals surface area contributed by atoms with Gasteiger partial charge in [0.2, 0.25) is 0 Å².